The van der Waals surface area contributed by atoms with Gasteiger partial charge in [0, 0.05) is 12.1 Å². The predicted octanol–water partition coefficient (Wildman–Crippen LogP) is 2.92. The summed E-state index contributed by atoms with van der Waals surface area (Å²) in [5, 5.41) is 15.5. The fourth-order valence-corrected chi connectivity index (χ4v) is 2.57. The Balaban J connectivity index is 2.37. The summed E-state index contributed by atoms with van der Waals surface area (Å²) in [7, 11) is 0. The lowest BCUT2D eigenvalue weighted by atomic mass is 10.0. The van der Waals surface area contributed by atoms with E-state index >= 15 is 0 Å². The largest absolute Gasteiger partial charge is 0.396 e. The third-order valence-corrected chi connectivity index (χ3v) is 3.47. The lowest BCUT2D eigenvalue weighted by Crippen LogP contribution is -2.32. The van der Waals surface area contributed by atoms with Crippen molar-refractivity contribution < 1.29 is 5.11 Å². The number of nitrogens with zero attached hydrogens (tertiary/aromatic N) is 2. The van der Waals surface area contributed by atoms with Crippen LogP contribution in [0.2, 0.25) is 5.28 Å². The first-order valence-electron chi connectivity index (χ1n) is 5.32. The molecule has 4 nitrogen and oxygen atoms in total. The first-order valence-corrected chi connectivity index (χ1v) is 6.57. The molecule has 17 heavy (non-hydrogen) atoms. The van der Waals surface area contributed by atoms with Gasteiger partial charge in [0.1, 0.15) is 10.6 Å². The van der Waals surface area contributed by atoms with Crippen molar-refractivity contribution >= 4 is 39.0 Å². The van der Waals surface area contributed by atoms with Crippen molar-refractivity contribution in [2.75, 3.05) is 11.9 Å². The summed E-state index contributed by atoms with van der Waals surface area (Å²) in [4.78, 5) is 9.23. The van der Waals surface area contributed by atoms with Gasteiger partial charge >= 0.3 is 0 Å². The highest BCUT2D eigenvalue weighted by Gasteiger charge is 2.19. The molecule has 0 unspecified atom stereocenters. The molecular weight excluding hydrogens is 258 g/mol. The third kappa shape index (κ3) is 2.86. The van der Waals surface area contributed by atoms with Gasteiger partial charge in [-0.05, 0) is 43.3 Å². The fourth-order valence-electron chi connectivity index (χ4n) is 1.59. The number of nitrogens with one attached hydrogen (secondary N) is 1. The molecular formula is C11H14ClN3OS. The van der Waals surface area contributed by atoms with Crippen molar-refractivity contribution in [1.82, 2.24) is 9.97 Å². The molecule has 0 bridgehead atoms. The Labute approximate surface area is 109 Å². The van der Waals surface area contributed by atoms with E-state index in [0.29, 0.717) is 6.42 Å². The van der Waals surface area contributed by atoms with Crippen LogP contribution < -0.4 is 5.32 Å². The van der Waals surface area contributed by atoms with E-state index in [2.05, 4.69) is 15.3 Å². The van der Waals surface area contributed by atoms with Crippen molar-refractivity contribution in [2.45, 2.75) is 25.8 Å². The summed E-state index contributed by atoms with van der Waals surface area (Å²) in [6.45, 7) is 4.15. The summed E-state index contributed by atoms with van der Waals surface area (Å²) in [6.07, 6.45) is 0.639. The number of aliphatic hydroxyl groups excluding tert-OH is 1. The van der Waals surface area contributed by atoms with Gasteiger partial charge in [-0.3, -0.25) is 0 Å². The monoisotopic (exact) mass is 271 g/mol. The minimum Gasteiger partial charge on any atom is -0.396 e. The molecule has 0 fully saturated rings. The molecule has 2 N–H and O–H groups in total. The van der Waals surface area contributed by atoms with Crippen molar-refractivity contribution in [3.8, 4) is 0 Å². The smallest absolute Gasteiger partial charge is 0.225 e. The molecule has 2 aromatic heterocycles. The first-order chi connectivity index (χ1) is 8.02. The average Bonchev–Trinajstić information content (AvgIpc) is 2.64. The Morgan fingerprint density at radius 3 is 2.94 bits per heavy atom. The van der Waals surface area contributed by atoms with E-state index in [0.717, 1.165) is 16.0 Å². The molecule has 0 saturated carbocycles. The lowest BCUT2D eigenvalue weighted by molar-refractivity contribution is 0.260. The maximum absolute atomic E-state index is 9.01. The zero-order chi connectivity index (χ0) is 12.5. The Bertz CT molecular complexity index is 526. The number of fused-ring (bicyclic) bond motifs is 1. The molecule has 0 radical (unpaired) electrons. The molecule has 0 saturated heterocycles. The zero-order valence-corrected chi connectivity index (χ0v) is 11.3. The van der Waals surface area contributed by atoms with E-state index in [1.165, 1.54) is 11.3 Å². The molecule has 0 aliphatic carbocycles. The Hall–Kier alpha value is -0.910. The number of aliphatic hydroxyl groups is 1. The Morgan fingerprint density at radius 2 is 2.24 bits per heavy atom. The quantitative estimate of drug-likeness (QED) is 0.840. The molecule has 2 heterocycles. The van der Waals surface area contributed by atoms with Gasteiger partial charge in [0.15, 0.2) is 0 Å². The topological polar surface area (TPSA) is 58.0 Å². The number of aromatic nitrogens is 2. The number of hydrogen-bond acceptors (Lipinski definition) is 5. The van der Waals surface area contributed by atoms with Crippen molar-refractivity contribution in [3.05, 3.63) is 16.7 Å². The van der Waals surface area contributed by atoms with E-state index in [-0.39, 0.29) is 17.4 Å². The van der Waals surface area contributed by atoms with Gasteiger partial charge in [-0.25, -0.2) is 9.97 Å². The molecule has 0 spiro atoms. The Kier molecular flexibility index (Phi) is 3.51. The van der Waals surface area contributed by atoms with Gasteiger partial charge in [0.05, 0.1) is 5.39 Å². The number of thiophene rings is 1. The van der Waals surface area contributed by atoms with Crippen molar-refractivity contribution in [1.29, 1.82) is 0 Å². The molecule has 92 valence electrons. The minimum absolute atomic E-state index is 0.131. The summed E-state index contributed by atoms with van der Waals surface area (Å²) >= 11 is 7.41. The van der Waals surface area contributed by atoms with Gasteiger partial charge in [-0.2, -0.15) is 0 Å². The van der Waals surface area contributed by atoms with E-state index in [1.807, 2.05) is 25.3 Å². The van der Waals surface area contributed by atoms with E-state index < -0.39 is 0 Å². The first kappa shape index (κ1) is 12.5. The second kappa shape index (κ2) is 4.76. The van der Waals surface area contributed by atoms with Gasteiger partial charge in [0.2, 0.25) is 5.28 Å². The van der Waals surface area contributed by atoms with Crippen molar-refractivity contribution in [2.24, 2.45) is 0 Å². The van der Waals surface area contributed by atoms with Crippen LogP contribution in [0.3, 0.4) is 0 Å². The normalized spacial score (nSPS) is 12.0. The minimum atomic E-state index is -0.235. The van der Waals surface area contributed by atoms with Crippen LogP contribution in [0.4, 0.5) is 5.82 Å². The maximum Gasteiger partial charge on any atom is 0.225 e. The summed E-state index contributed by atoms with van der Waals surface area (Å²) in [5.74, 6) is 0.722. The summed E-state index contributed by atoms with van der Waals surface area (Å²) in [5.41, 5.74) is -0.235. The molecule has 6 heteroatoms. The van der Waals surface area contributed by atoms with Crippen LogP contribution in [0.5, 0.6) is 0 Å². The van der Waals surface area contributed by atoms with Crippen LogP contribution in [0, 0.1) is 0 Å². The number of hydrogen-bond donors (Lipinski definition) is 2. The summed E-state index contributed by atoms with van der Waals surface area (Å²) < 4.78 is 0. The third-order valence-electron chi connectivity index (χ3n) is 2.49. The molecule has 2 aromatic rings. The molecule has 0 aliphatic heterocycles. The summed E-state index contributed by atoms with van der Waals surface area (Å²) in [6, 6.07) is 1.97. The van der Waals surface area contributed by atoms with Gasteiger partial charge in [0.25, 0.3) is 0 Å². The number of anilines is 1. The maximum atomic E-state index is 9.01. The fraction of sp³-hybridized carbons (Fsp3) is 0.455. The van der Waals surface area contributed by atoms with Crippen LogP contribution in [-0.4, -0.2) is 27.2 Å². The van der Waals surface area contributed by atoms with E-state index in [4.69, 9.17) is 16.7 Å². The van der Waals surface area contributed by atoms with Crippen LogP contribution in [0.1, 0.15) is 20.3 Å². The SMILES string of the molecule is CC(C)(CCO)Nc1nc(Cl)nc2sccc12. The van der Waals surface area contributed by atoms with Crippen molar-refractivity contribution in [3.63, 3.8) is 0 Å². The second-order valence-corrected chi connectivity index (χ2v) is 5.70. The van der Waals surface area contributed by atoms with Gasteiger partial charge in [-0.15, -0.1) is 11.3 Å². The molecule has 0 amide bonds. The zero-order valence-electron chi connectivity index (χ0n) is 9.70. The number of rotatable bonds is 4. The highest BCUT2D eigenvalue weighted by Crippen LogP contribution is 2.28. The van der Waals surface area contributed by atoms with E-state index in [1.54, 1.807) is 0 Å². The molecule has 0 aliphatic rings. The molecule has 2 rings (SSSR count). The standard InChI is InChI=1S/C11H14ClN3OS/c1-11(2,4-5-16)15-8-7-3-6-17-9(7)14-10(12)13-8/h3,6,16H,4-5H2,1-2H3,(H,13,14,15). The highest BCUT2D eigenvalue weighted by molar-refractivity contribution is 7.16. The molecule has 0 aromatic carbocycles. The van der Waals surface area contributed by atoms with Crippen LogP contribution in [0.15, 0.2) is 11.4 Å². The predicted molar refractivity (Wildman–Crippen MR) is 71.8 cm³/mol. The number of halogens is 1. The van der Waals surface area contributed by atoms with Crippen LogP contribution in [-0.2, 0) is 0 Å². The second-order valence-electron chi connectivity index (χ2n) is 4.46. The average molecular weight is 272 g/mol. The highest BCUT2D eigenvalue weighted by atomic mass is 35.5. The lowest BCUT2D eigenvalue weighted by Gasteiger charge is -2.26. The molecule has 0 atom stereocenters. The van der Waals surface area contributed by atoms with Crippen LogP contribution in [0.25, 0.3) is 10.2 Å². The van der Waals surface area contributed by atoms with Gasteiger partial charge < -0.3 is 10.4 Å². The Morgan fingerprint density at radius 1 is 1.47 bits per heavy atom. The van der Waals surface area contributed by atoms with E-state index in [9.17, 15) is 0 Å². The van der Waals surface area contributed by atoms with Gasteiger partial charge in [-0.1, -0.05) is 0 Å². The van der Waals surface area contributed by atoms with Crippen LogP contribution >= 0.6 is 22.9 Å².